The van der Waals surface area contributed by atoms with Crippen molar-refractivity contribution in [3.63, 3.8) is 0 Å². The summed E-state index contributed by atoms with van der Waals surface area (Å²) < 4.78 is 1.90. The number of hydrogen-bond donors (Lipinski definition) is 2. The number of amides is 2. The summed E-state index contributed by atoms with van der Waals surface area (Å²) in [6.07, 6.45) is 5.66. The van der Waals surface area contributed by atoms with Crippen LogP contribution in [0.2, 0.25) is 0 Å². The molecule has 0 spiro atoms. The van der Waals surface area contributed by atoms with E-state index in [4.69, 9.17) is 0 Å². The third-order valence-electron chi connectivity index (χ3n) is 3.86. The molecule has 0 aliphatic heterocycles. The minimum absolute atomic E-state index is 0.140. The third kappa shape index (κ3) is 4.13. The van der Waals surface area contributed by atoms with Gasteiger partial charge in [0.15, 0.2) is 5.65 Å². The zero-order valence-electron chi connectivity index (χ0n) is 14.3. The molecular formula is C19H19N5O2. The molecule has 0 fully saturated rings. The van der Waals surface area contributed by atoms with E-state index in [0.717, 1.165) is 17.0 Å². The number of rotatable bonds is 6. The lowest BCUT2D eigenvalue weighted by molar-refractivity contribution is -0.116. The van der Waals surface area contributed by atoms with E-state index >= 15 is 0 Å². The number of nitrogens with zero attached hydrogens (tertiary/aromatic N) is 3. The molecule has 2 amide bonds. The van der Waals surface area contributed by atoms with Gasteiger partial charge in [-0.1, -0.05) is 18.2 Å². The zero-order valence-corrected chi connectivity index (χ0v) is 14.3. The SMILES string of the molecule is CNC(=O)c1ccc(/C=C/C(=O)NCCc2nnc3ccccn23)cc1. The van der Waals surface area contributed by atoms with Crippen molar-refractivity contribution in [2.75, 3.05) is 13.6 Å². The monoisotopic (exact) mass is 349 g/mol. The van der Waals surface area contributed by atoms with Crippen LogP contribution in [0.1, 0.15) is 21.7 Å². The van der Waals surface area contributed by atoms with E-state index < -0.39 is 0 Å². The van der Waals surface area contributed by atoms with Gasteiger partial charge in [0.1, 0.15) is 5.82 Å². The number of benzene rings is 1. The maximum atomic E-state index is 11.9. The van der Waals surface area contributed by atoms with E-state index in [9.17, 15) is 9.59 Å². The number of fused-ring (bicyclic) bond motifs is 1. The molecule has 3 aromatic rings. The Hall–Kier alpha value is -3.48. The average Bonchev–Trinajstić information content (AvgIpc) is 3.09. The lowest BCUT2D eigenvalue weighted by atomic mass is 10.1. The number of aromatic nitrogens is 3. The maximum Gasteiger partial charge on any atom is 0.251 e. The van der Waals surface area contributed by atoms with Crippen LogP contribution in [-0.2, 0) is 11.2 Å². The summed E-state index contributed by atoms with van der Waals surface area (Å²) in [6.45, 7) is 0.467. The molecule has 0 radical (unpaired) electrons. The summed E-state index contributed by atoms with van der Waals surface area (Å²) in [5, 5.41) is 13.6. The van der Waals surface area contributed by atoms with E-state index in [1.807, 2.05) is 28.8 Å². The normalized spacial score (nSPS) is 11.0. The van der Waals surface area contributed by atoms with E-state index in [1.54, 1.807) is 37.4 Å². The van der Waals surface area contributed by atoms with Gasteiger partial charge in [0.2, 0.25) is 5.91 Å². The first kappa shape index (κ1) is 17.3. The second-order valence-electron chi connectivity index (χ2n) is 5.62. The van der Waals surface area contributed by atoms with Gasteiger partial charge < -0.3 is 10.6 Å². The molecule has 7 heteroatoms. The summed E-state index contributed by atoms with van der Waals surface area (Å²) >= 11 is 0. The van der Waals surface area contributed by atoms with Crippen molar-refractivity contribution in [3.8, 4) is 0 Å². The van der Waals surface area contributed by atoms with Crippen LogP contribution < -0.4 is 10.6 Å². The molecule has 0 aliphatic carbocycles. The van der Waals surface area contributed by atoms with Crippen LogP contribution in [0.4, 0.5) is 0 Å². The molecule has 0 aliphatic rings. The molecule has 0 atom stereocenters. The van der Waals surface area contributed by atoms with Crippen LogP contribution in [0.25, 0.3) is 11.7 Å². The van der Waals surface area contributed by atoms with Gasteiger partial charge in [-0.15, -0.1) is 10.2 Å². The fourth-order valence-electron chi connectivity index (χ4n) is 2.48. The molecule has 0 saturated carbocycles. The molecule has 1 aromatic carbocycles. The molecule has 2 N–H and O–H groups in total. The van der Waals surface area contributed by atoms with Crippen molar-refractivity contribution < 1.29 is 9.59 Å². The minimum Gasteiger partial charge on any atom is -0.355 e. The number of carbonyl (C=O) groups is 2. The molecular weight excluding hydrogens is 330 g/mol. The predicted octanol–water partition coefficient (Wildman–Crippen LogP) is 1.46. The molecule has 7 nitrogen and oxygen atoms in total. The second kappa shape index (κ2) is 8.06. The van der Waals surface area contributed by atoms with Crippen LogP contribution in [-0.4, -0.2) is 40.0 Å². The van der Waals surface area contributed by atoms with Gasteiger partial charge in [0.25, 0.3) is 5.91 Å². The van der Waals surface area contributed by atoms with Crippen LogP contribution in [0.5, 0.6) is 0 Å². The Kier molecular flexibility index (Phi) is 5.38. The van der Waals surface area contributed by atoms with Crippen LogP contribution in [0.15, 0.2) is 54.7 Å². The first-order valence-corrected chi connectivity index (χ1v) is 8.24. The van der Waals surface area contributed by atoms with E-state index in [-0.39, 0.29) is 11.8 Å². The molecule has 2 heterocycles. The summed E-state index contributed by atoms with van der Waals surface area (Å²) in [7, 11) is 1.59. The van der Waals surface area contributed by atoms with Crippen molar-refractivity contribution in [1.29, 1.82) is 0 Å². The van der Waals surface area contributed by atoms with Gasteiger partial charge in [-0.2, -0.15) is 0 Å². The number of pyridine rings is 1. The molecule has 3 rings (SSSR count). The summed E-state index contributed by atoms with van der Waals surface area (Å²) in [6, 6.07) is 12.7. The average molecular weight is 349 g/mol. The second-order valence-corrected chi connectivity index (χ2v) is 5.62. The maximum absolute atomic E-state index is 11.9. The third-order valence-corrected chi connectivity index (χ3v) is 3.86. The standard InChI is InChI=1S/C19H19N5O2/c1-20-19(26)15-8-5-14(6-9-15)7-10-18(25)21-12-11-17-23-22-16-4-2-3-13-24(16)17/h2-10,13H,11-12H2,1H3,(H,20,26)(H,21,25)/b10-7+. The van der Waals surface area contributed by atoms with Crippen LogP contribution in [0.3, 0.4) is 0 Å². The summed E-state index contributed by atoms with van der Waals surface area (Å²) in [5.74, 6) is 0.475. The molecule has 0 bridgehead atoms. The smallest absolute Gasteiger partial charge is 0.251 e. The predicted molar refractivity (Wildman–Crippen MR) is 98.6 cm³/mol. The van der Waals surface area contributed by atoms with Gasteiger partial charge in [0, 0.05) is 37.8 Å². The van der Waals surface area contributed by atoms with Crippen LogP contribution in [0, 0.1) is 0 Å². The molecule has 2 aromatic heterocycles. The Balaban J connectivity index is 1.51. The lowest BCUT2D eigenvalue weighted by Crippen LogP contribution is -2.24. The summed E-state index contributed by atoms with van der Waals surface area (Å²) in [4.78, 5) is 23.4. The number of nitrogens with one attached hydrogen (secondary N) is 2. The number of hydrogen-bond acceptors (Lipinski definition) is 4. The van der Waals surface area contributed by atoms with Gasteiger partial charge in [0.05, 0.1) is 0 Å². The Morgan fingerprint density at radius 2 is 1.92 bits per heavy atom. The Labute approximate surface area is 150 Å². The Morgan fingerprint density at radius 1 is 1.12 bits per heavy atom. The summed E-state index contributed by atoms with van der Waals surface area (Å²) in [5.41, 5.74) is 2.21. The van der Waals surface area contributed by atoms with Crippen molar-refractivity contribution in [1.82, 2.24) is 25.2 Å². The van der Waals surface area contributed by atoms with Crippen molar-refractivity contribution >= 4 is 23.5 Å². The van der Waals surface area contributed by atoms with Gasteiger partial charge in [-0.25, -0.2) is 0 Å². The van der Waals surface area contributed by atoms with Gasteiger partial charge >= 0.3 is 0 Å². The first-order chi connectivity index (χ1) is 12.7. The van der Waals surface area contributed by atoms with E-state index in [0.29, 0.717) is 18.5 Å². The first-order valence-electron chi connectivity index (χ1n) is 8.24. The highest BCUT2D eigenvalue weighted by Gasteiger charge is 2.05. The van der Waals surface area contributed by atoms with Crippen molar-refractivity contribution in [2.24, 2.45) is 0 Å². The fourth-order valence-corrected chi connectivity index (χ4v) is 2.48. The van der Waals surface area contributed by atoms with Gasteiger partial charge in [-0.05, 0) is 35.9 Å². The molecule has 132 valence electrons. The Bertz CT molecular complexity index is 944. The largest absolute Gasteiger partial charge is 0.355 e. The molecule has 26 heavy (non-hydrogen) atoms. The van der Waals surface area contributed by atoms with Crippen LogP contribution >= 0.6 is 0 Å². The van der Waals surface area contributed by atoms with Crippen molar-refractivity contribution in [2.45, 2.75) is 6.42 Å². The highest BCUT2D eigenvalue weighted by molar-refractivity contribution is 5.94. The van der Waals surface area contributed by atoms with E-state index in [2.05, 4.69) is 20.8 Å². The highest BCUT2D eigenvalue weighted by atomic mass is 16.2. The number of carbonyl (C=O) groups excluding carboxylic acids is 2. The molecule has 0 saturated heterocycles. The molecule has 0 unspecified atom stereocenters. The van der Waals surface area contributed by atoms with Gasteiger partial charge in [-0.3, -0.25) is 14.0 Å². The Morgan fingerprint density at radius 3 is 2.69 bits per heavy atom. The quantitative estimate of drug-likeness (QED) is 0.660. The minimum atomic E-state index is -0.186. The lowest BCUT2D eigenvalue weighted by Gasteiger charge is -2.02. The zero-order chi connectivity index (χ0) is 18.4. The van der Waals surface area contributed by atoms with E-state index in [1.165, 1.54) is 6.08 Å². The van der Waals surface area contributed by atoms with Crippen molar-refractivity contribution in [3.05, 3.63) is 71.7 Å². The topological polar surface area (TPSA) is 88.4 Å². The highest BCUT2D eigenvalue weighted by Crippen LogP contribution is 2.06. The fraction of sp³-hybridized carbons (Fsp3) is 0.158.